The lowest BCUT2D eigenvalue weighted by Crippen LogP contribution is -2.35. The number of benzene rings is 2. The highest BCUT2D eigenvalue weighted by atomic mass is 127. The van der Waals surface area contributed by atoms with E-state index in [-0.39, 0.29) is 11.7 Å². The molecule has 2 aliphatic heterocycles. The second-order valence-corrected chi connectivity index (χ2v) is 11.1. The maximum atomic E-state index is 14.1. The maximum absolute atomic E-state index is 14.1. The molecule has 3 amide bonds. The molecular weight excluding hydrogens is 618 g/mol. The SMILES string of the molecule is O=C(Nc1ccc(CN2CCCCC2)cc1)c1sc2ncnc3c2c1NC(=O)N3c1ccc(F)c(CI)c1. The van der Waals surface area contributed by atoms with E-state index in [0.717, 1.165) is 19.6 Å². The van der Waals surface area contributed by atoms with Crippen LogP contribution in [0.25, 0.3) is 10.2 Å². The van der Waals surface area contributed by atoms with E-state index in [0.29, 0.717) is 48.0 Å². The molecule has 2 N–H and O–H groups in total. The fourth-order valence-corrected chi connectivity index (χ4v) is 6.50. The lowest BCUT2D eigenvalue weighted by atomic mass is 10.1. The summed E-state index contributed by atoms with van der Waals surface area (Å²) in [6, 6.07) is 11.9. The van der Waals surface area contributed by atoms with Crippen molar-refractivity contribution in [3.05, 3.63) is 70.6 Å². The Morgan fingerprint density at radius 2 is 1.89 bits per heavy atom. The summed E-state index contributed by atoms with van der Waals surface area (Å²) in [4.78, 5) is 40.0. The number of anilines is 4. The first-order chi connectivity index (χ1) is 18.5. The van der Waals surface area contributed by atoms with Gasteiger partial charge in [0, 0.05) is 16.7 Å². The van der Waals surface area contributed by atoms with Gasteiger partial charge in [-0.1, -0.05) is 41.1 Å². The molecule has 8 nitrogen and oxygen atoms in total. The number of halogens is 2. The fourth-order valence-electron chi connectivity index (χ4n) is 4.93. The van der Waals surface area contributed by atoms with Crippen LogP contribution in [0.2, 0.25) is 0 Å². The third-order valence-electron chi connectivity index (χ3n) is 6.82. The average Bonchev–Trinajstić information content (AvgIpc) is 3.30. The maximum Gasteiger partial charge on any atom is 0.332 e. The van der Waals surface area contributed by atoms with Gasteiger partial charge in [0.2, 0.25) is 0 Å². The smallest absolute Gasteiger partial charge is 0.321 e. The number of hydrogen-bond donors (Lipinski definition) is 2. The van der Waals surface area contributed by atoms with Crippen LogP contribution in [0.4, 0.5) is 32.1 Å². The van der Waals surface area contributed by atoms with Crippen molar-refractivity contribution in [1.82, 2.24) is 14.9 Å². The number of alkyl halides is 1. The molecule has 2 aliphatic rings. The minimum atomic E-state index is -0.474. The molecule has 11 heteroatoms. The van der Waals surface area contributed by atoms with Gasteiger partial charge in [-0.15, -0.1) is 11.3 Å². The van der Waals surface area contributed by atoms with Crippen molar-refractivity contribution < 1.29 is 14.0 Å². The van der Waals surface area contributed by atoms with Gasteiger partial charge in [0.25, 0.3) is 5.91 Å². The van der Waals surface area contributed by atoms with Gasteiger partial charge in [-0.25, -0.2) is 24.1 Å². The third kappa shape index (κ3) is 4.74. The summed E-state index contributed by atoms with van der Waals surface area (Å²) in [5.41, 5.74) is 3.25. The van der Waals surface area contributed by atoms with Crippen LogP contribution in [0.5, 0.6) is 0 Å². The first-order valence-corrected chi connectivity index (χ1v) is 14.7. The molecule has 0 bridgehead atoms. The molecule has 0 atom stereocenters. The number of piperidine rings is 1. The number of rotatable bonds is 6. The summed E-state index contributed by atoms with van der Waals surface area (Å²) in [6.45, 7) is 3.16. The Labute approximate surface area is 236 Å². The first-order valence-electron chi connectivity index (χ1n) is 12.4. The summed E-state index contributed by atoms with van der Waals surface area (Å²) in [6.07, 6.45) is 5.17. The minimum absolute atomic E-state index is 0.330. The zero-order valence-electron chi connectivity index (χ0n) is 20.3. The second-order valence-electron chi connectivity index (χ2n) is 9.35. The molecule has 38 heavy (non-hydrogen) atoms. The fraction of sp³-hybridized carbons (Fsp3) is 0.259. The van der Waals surface area contributed by atoms with Gasteiger partial charge in [-0.2, -0.15) is 0 Å². The van der Waals surface area contributed by atoms with E-state index in [2.05, 4.69) is 48.1 Å². The Kier molecular flexibility index (Phi) is 6.97. The standard InChI is InChI=1S/C27H24FIN6O2S/c28-20-9-8-19(12-17(20)13-29)35-24-21-22(33-27(35)37)23(38-26(21)31-15-30-24)25(36)32-18-6-4-16(5-7-18)14-34-10-2-1-3-11-34/h4-9,12,15H,1-3,10-11,13-14H2,(H,32,36)(H,33,37). The van der Waals surface area contributed by atoms with Gasteiger partial charge in [0.1, 0.15) is 21.9 Å². The number of carbonyl (C=O) groups is 2. The van der Waals surface area contributed by atoms with Crippen molar-refractivity contribution in [3.8, 4) is 0 Å². The Morgan fingerprint density at radius 1 is 1.11 bits per heavy atom. The largest absolute Gasteiger partial charge is 0.332 e. The first kappa shape index (κ1) is 25.1. The summed E-state index contributed by atoms with van der Waals surface area (Å²) < 4.78 is 14.6. The van der Waals surface area contributed by atoms with Gasteiger partial charge in [-0.3, -0.25) is 9.69 Å². The van der Waals surface area contributed by atoms with E-state index in [4.69, 9.17) is 0 Å². The van der Waals surface area contributed by atoms with Crippen molar-refractivity contribution in [1.29, 1.82) is 0 Å². The minimum Gasteiger partial charge on any atom is -0.321 e. The number of likely N-dealkylation sites (tertiary alicyclic amines) is 1. The Bertz CT molecular complexity index is 1540. The molecule has 1 saturated heterocycles. The molecule has 4 aromatic rings. The molecule has 6 rings (SSSR count). The highest BCUT2D eigenvalue weighted by Gasteiger charge is 2.34. The molecule has 2 aromatic heterocycles. The zero-order chi connectivity index (χ0) is 26.2. The van der Waals surface area contributed by atoms with E-state index < -0.39 is 6.03 Å². The molecular formula is C27H24FIN6O2S. The van der Waals surface area contributed by atoms with Crippen molar-refractivity contribution in [2.45, 2.75) is 30.2 Å². The van der Waals surface area contributed by atoms with Crippen LogP contribution >= 0.6 is 33.9 Å². The average molecular weight is 642 g/mol. The van der Waals surface area contributed by atoms with Crippen LogP contribution in [-0.2, 0) is 11.0 Å². The number of thiophene rings is 1. The Hall–Kier alpha value is -3.16. The zero-order valence-corrected chi connectivity index (χ0v) is 23.3. The molecule has 0 spiro atoms. The van der Waals surface area contributed by atoms with Crippen molar-refractivity contribution in [3.63, 3.8) is 0 Å². The van der Waals surface area contributed by atoms with Crippen LogP contribution in [0.15, 0.2) is 48.8 Å². The van der Waals surface area contributed by atoms with Crippen LogP contribution in [0.3, 0.4) is 0 Å². The van der Waals surface area contributed by atoms with Crippen LogP contribution in [0.1, 0.15) is 40.1 Å². The number of hydrogen-bond acceptors (Lipinski definition) is 6. The number of aromatic nitrogens is 2. The Morgan fingerprint density at radius 3 is 2.66 bits per heavy atom. The van der Waals surface area contributed by atoms with Crippen LogP contribution < -0.4 is 15.5 Å². The van der Waals surface area contributed by atoms with Crippen LogP contribution in [-0.4, -0.2) is 39.9 Å². The number of carbonyl (C=O) groups excluding carboxylic acids is 2. The molecule has 4 heterocycles. The molecule has 0 radical (unpaired) electrons. The van der Waals surface area contributed by atoms with E-state index in [1.165, 1.54) is 53.5 Å². The molecule has 194 valence electrons. The van der Waals surface area contributed by atoms with E-state index in [9.17, 15) is 14.0 Å². The summed E-state index contributed by atoms with van der Waals surface area (Å²) in [5.74, 6) is -0.305. The topological polar surface area (TPSA) is 90.5 Å². The number of nitrogens with one attached hydrogen (secondary N) is 2. The normalized spacial score (nSPS) is 15.5. The summed E-state index contributed by atoms with van der Waals surface area (Å²) in [5, 5.41) is 6.38. The quantitative estimate of drug-likeness (QED) is 0.181. The number of nitrogens with zero attached hydrogens (tertiary/aromatic N) is 4. The Balaban J connectivity index is 1.27. The van der Waals surface area contributed by atoms with Gasteiger partial charge in [0.15, 0.2) is 5.82 Å². The highest BCUT2D eigenvalue weighted by Crippen LogP contribution is 2.45. The van der Waals surface area contributed by atoms with Crippen LogP contribution in [0, 0.1) is 5.82 Å². The molecule has 0 aliphatic carbocycles. The summed E-state index contributed by atoms with van der Waals surface area (Å²) in [7, 11) is 0. The predicted molar refractivity (Wildman–Crippen MR) is 156 cm³/mol. The van der Waals surface area contributed by atoms with Gasteiger partial charge >= 0.3 is 6.03 Å². The monoisotopic (exact) mass is 642 g/mol. The molecule has 0 saturated carbocycles. The van der Waals surface area contributed by atoms with Crippen molar-refractivity contribution in [2.24, 2.45) is 0 Å². The van der Waals surface area contributed by atoms with Gasteiger partial charge in [0.05, 0.1) is 16.8 Å². The number of amides is 3. The second kappa shape index (κ2) is 10.5. The molecule has 2 aromatic carbocycles. The van der Waals surface area contributed by atoms with Crippen molar-refractivity contribution >= 4 is 79.0 Å². The van der Waals surface area contributed by atoms with Crippen molar-refractivity contribution in [2.75, 3.05) is 28.6 Å². The molecule has 1 fully saturated rings. The molecule has 0 unspecified atom stereocenters. The van der Waals surface area contributed by atoms with Gasteiger partial charge < -0.3 is 10.6 Å². The van der Waals surface area contributed by atoms with E-state index in [1.54, 1.807) is 12.1 Å². The van der Waals surface area contributed by atoms with E-state index >= 15 is 0 Å². The lowest BCUT2D eigenvalue weighted by molar-refractivity contribution is 0.103. The van der Waals surface area contributed by atoms with Gasteiger partial charge in [-0.05, 0) is 67.4 Å². The highest BCUT2D eigenvalue weighted by molar-refractivity contribution is 14.1. The number of urea groups is 1. The lowest BCUT2D eigenvalue weighted by Gasteiger charge is -2.27. The third-order valence-corrected chi connectivity index (χ3v) is 8.74. The van der Waals surface area contributed by atoms with E-state index in [1.807, 2.05) is 24.3 Å². The summed E-state index contributed by atoms with van der Waals surface area (Å²) >= 11 is 3.27. The predicted octanol–water partition coefficient (Wildman–Crippen LogP) is 6.69.